The Labute approximate surface area is 170 Å². The molecule has 1 saturated heterocycles. The molecule has 0 saturated carbocycles. The number of amides is 1. The average molecular weight is 401 g/mol. The van der Waals surface area contributed by atoms with E-state index in [-0.39, 0.29) is 25.7 Å². The van der Waals surface area contributed by atoms with Crippen molar-refractivity contribution < 1.29 is 29.2 Å². The Morgan fingerprint density at radius 2 is 1.48 bits per heavy atom. The van der Waals surface area contributed by atoms with Crippen LogP contribution in [-0.4, -0.2) is 53.4 Å². The van der Waals surface area contributed by atoms with Gasteiger partial charge in [0.05, 0.1) is 19.8 Å². The van der Waals surface area contributed by atoms with Gasteiger partial charge in [-0.2, -0.15) is 0 Å². The van der Waals surface area contributed by atoms with E-state index in [1.54, 1.807) is 0 Å². The van der Waals surface area contributed by atoms with Crippen LogP contribution >= 0.6 is 0 Å². The van der Waals surface area contributed by atoms with Crippen LogP contribution in [-0.2, 0) is 32.2 Å². The lowest BCUT2D eigenvalue weighted by Crippen LogP contribution is -2.65. The Kier molecular flexibility index (Phi) is 7.74. The molecule has 5 atom stereocenters. The van der Waals surface area contributed by atoms with Crippen LogP contribution in [0.5, 0.6) is 0 Å². The number of carbonyl (C=O) groups excluding carboxylic acids is 1. The third kappa shape index (κ3) is 5.85. The zero-order valence-corrected chi connectivity index (χ0v) is 16.3. The Hall–Kier alpha value is -2.29. The second kappa shape index (κ2) is 10.5. The van der Waals surface area contributed by atoms with Crippen molar-refractivity contribution in [2.24, 2.45) is 0 Å². The summed E-state index contributed by atoms with van der Waals surface area (Å²) >= 11 is 0. The average Bonchev–Trinajstić information content (AvgIpc) is 2.74. The molecule has 2 aromatic carbocycles. The molecule has 1 aliphatic heterocycles. The number of benzene rings is 2. The smallest absolute Gasteiger partial charge is 0.217 e. The maximum absolute atomic E-state index is 11.7. The number of hydrogen-bond donors (Lipinski definition) is 3. The molecular formula is C22H27NO6. The molecule has 3 rings (SSSR count). The first-order valence-corrected chi connectivity index (χ1v) is 9.61. The molecule has 1 fully saturated rings. The summed E-state index contributed by atoms with van der Waals surface area (Å²) in [6.45, 7) is 1.55. The Morgan fingerprint density at radius 3 is 1.97 bits per heavy atom. The van der Waals surface area contributed by atoms with Gasteiger partial charge in [0.25, 0.3) is 0 Å². The molecule has 156 valence electrons. The maximum Gasteiger partial charge on any atom is 0.217 e. The van der Waals surface area contributed by atoms with E-state index >= 15 is 0 Å². The van der Waals surface area contributed by atoms with Crippen LogP contribution < -0.4 is 5.32 Å². The minimum atomic E-state index is -1.33. The SMILES string of the molecule is CC(=O)NC1[C@@H](O)OC(CO)[C@@H](OCc2ccccc2)[C@H]1OCc1ccccc1. The van der Waals surface area contributed by atoms with Crippen LogP contribution in [0.4, 0.5) is 0 Å². The van der Waals surface area contributed by atoms with Gasteiger partial charge in [-0.25, -0.2) is 0 Å². The van der Waals surface area contributed by atoms with Gasteiger partial charge in [0, 0.05) is 6.92 Å². The summed E-state index contributed by atoms with van der Waals surface area (Å²) in [4.78, 5) is 11.7. The molecule has 29 heavy (non-hydrogen) atoms. The molecule has 1 heterocycles. The van der Waals surface area contributed by atoms with Crippen LogP contribution in [0.2, 0.25) is 0 Å². The number of aliphatic hydroxyl groups is 2. The highest BCUT2D eigenvalue weighted by Gasteiger charge is 2.47. The molecule has 2 aromatic rings. The molecule has 0 aliphatic carbocycles. The van der Waals surface area contributed by atoms with Crippen molar-refractivity contribution in [1.29, 1.82) is 0 Å². The van der Waals surface area contributed by atoms with Gasteiger partial charge in [-0.15, -0.1) is 0 Å². The van der Waals surface area contributed by atoms with Crippen molar-refractivity contribution in [3.8, 4) is 0 Å². The highest BCUT2D eigenvalue weighted by molar-refractivity contribution is 5.73. The summed E-state index contributed by atoms with van der Waals surface area (Å²) in [5.74, 6) is -0.324. The van der Waals surface area contributed by atoms with Crippen molar-refractivity contribution in [1.82, 2.24) is 5.32 Å². The second-order valence-electron chi connectivity index (χ2n) is 7.00. The quantitative estimate of drug-likeness (QED) is 0.618. The van der Waals surface area contributed by atoms with Crippen LogP contribution in [0.1, 0.15) is 18.1 Å². The molecule has 7 nitrogen and oxygen atoms in total. The third-order valence-electron chi connectivity index (χ3n) is 4.79. The molecule has 0 spiro atoms. The molecule has 0 radical (unpaired) electrons. The largest absolute Gasteiger partial charge is 0.394 e. The number of carbonyl (C=O) groups is 1. The number of aliphatic hydroxyl groups excluding tert-OH is 2. The third-order valence-corrected chi connectivity index (χ3v) is 4.79. The van der Waals surface area contributed by atoms with Gasteiger partial charge in [-0.05, 0) is 11.1 Å². The molecule has 1 amide bonds. The number of nitrogens with one attached hydrogen (secondary N) is 1. The first kappa shape index (κ1) is 21.4. The Balaban J connectivity index is 1.80. The summed E-state index contributed by atoms with van der Waals surface area (Å²) in [6, 6.07) is 18.3. The first-order chi connectivity index (χ1) is 14.1. The topological polar surface area (TPSA) is 97.3 Å². The van der Waals surface area contributed by atoms with Crippen molar-refractivity contribution in [3.63, 3.8) is 0 Å². The van der Waals surface area contributed by atoms with E-state index in [0.29, 0.717) is 0 Å². The second-order valence-corrected chi connectivity index (χ2v) is 7.00. The molecule has 7 heteroatoms. The Morgan fingerprint density at radius 1 is 0.966 bits per heavy atom. The first-order valence-electron chi connectivity index (χ1n) is 9.61. The van der Waals surface area contributed by atoms with E-state index in [4.69, 9.17) is 14.2 Å². The molecule has 0 bridgehead atoms. The number of rotatable bonds is 8. The van der Waals surface area contributed by atoms with Gasteiger partial charge >= 0.3 is 0 Å². The Bertz CT molecular complexity index is 756. The summed E-state index contributed by atoms with van der Waals surface area (Å²) in [5, 5.41) is 22.9. The van der Waals surface area contributed by atoms with Gasteiger partial charge in [0.15, 0.2) is 6.29 Å². The zero-order valence-electron chi connectivity index (χ0n) is 16.3. The fourth-order valence-electron chi connectivity index (χ4n) is 3.39. The summed E-state index contributed by atoms with van der Waals surface area (Å²) in [6.07, 6.45) is -3.53. The van der Waals surface area contributed by atoms with E-state index in [1.165, 1.54) is 6.92 Å². The lowest BCUT2D eigenvalue weighted by Gasteiger charge is -2.44. The van der Waals surface area contributed by atoms with Gasteiger partial charge in [-0.3, -0.25) is 4.79 Å². The molecule has 1 aliphatic rings. The fraction of sp³-hybridized carbons (Fsp3) is 0.409. The van der Waals surface area contributed by atoms with Gasteiger partial charge in [0.2, 0.25) is 5.91 Å². The monoisotopic (exact) mass is 401 g/mol. The predicted molar refractivity (Wildman–Crippen MR) is 106 cm³/mol. The van der Waals surface area contributed by atoms with Gasteiger partial charge in [0.1, 0.15) is 24.4 Å². The van der Waals surface area contributed by atoms with Crippen LogP contribution in [0.15, 0.2) is 60.7 Å². The van der Waals surface area contributed by atoms with Crippen molar-refractivity contribution in [2.45, 2.75) is 50.8 Å². The normalized spacial score (nSPS) is 26.8. The maximum atomic E-state index is 11.7. The van der Waals surface area contributed by atoms with Crippen molar-refractivity contribution >= 4 is 5.91 Å². The van der Waals surface area contributed by atoms with Crippen LogP contribution in [0.3, 0.4) is 0 Å². The fourth-order valence-corrected chi connectivity index (χ4v) is 3.39. The highest BCUT2D eigenvalue weighted by atomic mass is 16.6. The molecule has 2 unspecified atom stereocenters. The standard InChI is InChI=1S/C22H27NO6/c1-15(25)23-19-21(28-14-17-10-6-3-7-11-17)20(18(12-24)29-22(19)26)27-13-16-8-4-2-5-9-16/h2-11,18-22,24,26H,12-14H2,1H3,(H,23,25)/t18?,19?,20-,21+,22+/m1/s1. The van der Waals surface area contributed by atoms with Gasteiger partial charge in [-0.1, -0.05) is 60.7 Å². The lowest BCUT2D eigenvalue weighted by atomic mass is 9.96. The van der Waals surface area contributed by atoms with E-state index < -0.39 is 30.6 Å². The lowest BCUT2D eigenvalue weighted by molar-refractivity contribution is -0.275. The molecule has 0 aromatic heterocycles. The molecular weight excluding hydrogens is 374 g/mol. The highest BCUT2D eigenvalue weighted by Crippen LogP contribution is 2.27. The van der Waals surface area contributed by atoms with Gasteiger partial charge < -0.3 is 29.7 Å². The van der Waals surface area contributed by atoms with Crippen molar-refractivity contribution in [3.05, 3.63) is 71.8 Å². The minimum absolute atomic E-state index is 0.262. The summed E-state index contributed by atoms with van der Waals surface area (Å²) < 4.78 is 17.7. The van der Waals surface area contributed by atoms with Crippen molar-refractivity contribution in [2.75, 3.05) is 6.61 Å². The van der Waals surface area contributed by atoms with E-state index in [0.717, 1.165) is 11.1 Å². The summed E-state index contributed by atoms with van der Waals surface area (Å²) in [7, 11) is 0. The van der Waals surface area contributed by atoms with Crippen LogP contribution in [0.25, 0.3) is 0 Å². The van der Waals surface area contributed by atoms with Crippen LogP contribution in [0, 0.1) is 0 Å². The number of hydrogen-bond acceptors (Lipinski definition) is 6. The zero-order chi connectivity index (χ0) is 20.6. The number of ether oxygens (including phenoxy) is 3. The molecule has 3 N–H and O–H groups in total. The van der Waals surface area contributed by atoms with E-state index in [2.05, 4.69) is 5.32 Å². The summed E-state index contributed by atoms with van der Waals surface area (Å²) in [5.41, 5.74) is 1.89. The predicted octanol–water partition coefficient (Wildman–Crippen LogP) is 1.37. The minimum Gasteiger partial charge on any atom is -0.394 e. The van der Waals surface area contributed by atoms with E-state index in [1.807, 2.05) is 60.7 Å². The van der Waals surface area contributed by atoms with E-state index in [9.17, 15) is 15.0 Å².